The molecule has 4 rings (SSSR count). The molecule has 0 fully saturated rings. The molecule has 2 heterocycles. The predicted molar refractivity (Wildman–Crippen MR) is 102 cm³/mol. The minimum atomic E-state index is -0.319. The van der Waals surface area contributed by atoms with Crippen LogP contribution in [-0.2, 0) is 9.59 Å². The van der Waals surface area contributed by atoms with Gasteiger partial charge in [0.1, 0.15) is 12.3 Å². The lowest BCUT2D eigenvalue weighted by atomic mass is 10.2. The van der Waals surface area contributed by atoms with Crippen molar-refractivity contribution in [1.29, 1.82) is 0 Å². The van der Waals surface area contributed by atoms with Crippen LogP contribution in [0.1, 0.15) is 6.42 Å². The van der Waals surface area contributed by atoms with Gasteiger partial charge in [-0.15, -0.1) is 0 Å². The van der Waals surface area contributed by atoms with Crippen LogP contribution >= 0.6 is 22.9 Å². The van der Waals surface area contributed by atoms with Crippen LogP contribution < -0.4 is 15.0 Å². The number of rotatable bonds is 3. The highest BCUT2D eigenvalue weighted by Crippen LogP contribution is 2.31. The molecule has 132 valence electrons. The van der Waals surface area contributed by atoms with E-state index in [0.29, 0.717) is 28.2 Å². The number of para-hydroxylation sites is 2. The van der Waals surface area contributed by atoms with E-state index in [9.17, 15) is 9.59 Å². The minimum absolute atomic E-state index is 0.101. The first-order chi connectivity index (χ1) is 12.6. The molecule has 0 aliphatic carbocycles. The SMILES string of the molecule is O=C(CN1C(=O)CCOc2ccccc21)Nc1nc2ccc(Cl)cc2s1. The maximum Gasteiger partial charge on any atom is 0.246 e. The first-order valence-electron chi connectivity index (χ1n) is 7.98. The van der Waals surface area contributed by atoms with Gasteiger partial charge < -0.3 is 10.1 Å². The van der Waals surface area contributed by atoms with E-state index in [1.165, 1.54) is 16.2 Å². The molecule has 1 aromatic heterocycles. The van der Waals surface area contributed by atoms with E-state index < -0.39 is 0 Å². The summed E-state index contributed by atoms with van der Waals surface area (Å²) in [6.07, 6.45) is 0.224. The van der Waals surface area contributed by atoms with Crippen molar-refractivity contribution in [3.63, 3.8) is 0 Å². The molecule has 6 nitrogen and oxygen atoms in total. The number of aromatic nitrogens is 1. The minimum Gasteiger partial charge on any atom is -0.491 e. The number of carbonyl (C=O) groups is 2. The van der Waals surface area contributed by atoms with Crippen molar-refractivity contribution in [2.75, 3.05) is 23.4 Å². The predicted octanol–water partition coefficient (Wildman–Crippen LogP) is 3.70. The summed E-state index contributed by atoms with van der Waals surface area (Å²) >= 11 is 7.31. The van der Waals surface area contributed by atoms with Gasteiger partial charge >= 0.3 is 0 Å². The highest BCUT2D eigenvalue weighted by molar-refractivity contribution is 7.22. The van der Waals surface area contributed by atoms with Gasteiger partial charge in [0.25, 0.3) is 0 Å². The first-order valence-corrected chi connectivity index (χ1v) is 9.18. The number of hydrogen-bond acceptors (Lipinski definition) is 5. The van der Waals surface area contributed by atoms with Crippen molar-refractivity contribution < 1.29 is 14.3 Å². The van der Waals surface area contributed by atoms with E-state index in [0.717, 1.165) is 10.2 Å². The molecule has 0 saturated carbocycles. The Balaban J connectivity index is 1.54. The molecule has 0 atom stereocenters. The first kappa shape index (κ1) is 16.8. The lowest BCUT2D eigenvalue weighted by Gasteiger charge is -2.20. The number of ether oxygens (including phenoxy) is 1. The molecule has 2 aromatic carbocycles. The Bertz CT molecular complexity index is 1000. The number of nitrogens with one attached hydrogen (secondary N) is 1. The highest BCUT2D eigenvalue weighted by Gasteiger charge is 2.25. The second-order valence-corrected chi connectivity index (χ2v) is 7.19. The van der Waals surface area contributed by atoms with Crippen molar-refractivity contribution in [2.24, 2.45) is 0 Å². The largest absolute Gasteiger partial charge is 0.491 e. The summed E-state index contributed by atoms with van der Waals surface area (Å²) in [7, 11) is 0. The van der Waals surface area contributed by atoms with Gasteiger partial charge in [0.05, 0.1) is 28.9 Å². The van der Waals surface area contributed by atoms with Crippen molar-refractivity contribution >= 4 is 55.8 Å². The zero-order valence-corrected chi connectivity index (χ0v) is 15.1. The van der Waals surface area contributed by atoms with E-state index in [2.05, 4.69) is 10.3 Å². The standard InChI is InChI=1S/C18H14ClN3O3S/c19-11-5-6-12-15(9-11)26-18(20-12)21-16(23)10-22-13-3-1-2-4-14(13)25-8-7-17(22)24/h1-6,9H,7-8,10H2,(H,20,21,23). The van der Waals surface area contributed by atoms with E-state index in [4.69, 9.17) is 16.3 Å². The fourth-order valence-electron chi connectivity index (χ4n) is 2.75. The number of benzene rings is 2. The summed E-state index contributed by atoms with van der Waals surface area (Å²) in [6, 6.07) is 12.6. The molecule has 0 radical (unpaired) electrons. The van der Waals surface area contributed by atoms with E-state index >= 15 is 0 Å². The average Bonchev–Trinajstić information content (AvgIpc) is 2.93. The Morgan fingerprint density at radius 1 is 1.31 bits per heavy atom. The van der Waals surface area contributed by atoms with Crippen LogP contribution in [0.2, 0.25) is 5.02 Å². The van der Waals surface area contributed by atoms with Crippen molar-refractivity contribution in [3.05, 3.63) is 47.5 Å². The smallest absolute Gasteiger partial charge is 0.246 e. The number of fused-ring (bicyclic) bond motifs is 2. The van der Waals surface area contributed by atoms with E-state index in [1.54, 1.807) is 30.3 Å². The molecule has 0 bridgehead atoms. The number of carbonyl (C=O) groups excluding carboxylic acids is 2. The molecule has 8 heteroatoms. The Labute approximate surface area is 158 Å². The quantitative estimate of drug-likeness (QED) is 0.743. The fourth-order valence-corrected chi connectivity index (χ4v) is 3.91. The molecular weight excluding hydrogens is 374 g/mol. The van der Waals surface area contributed by atoms with Crippen molar-refractivity contribution in [1.82, 2.24) is 4.98 Å². The summed E-state index contributed by atoms with van der Waals surface area (Å²) in [6.45, 7) is 0.197. The fraction of sp³-hybridized carbons (Fsp3) is 0.167. The molecule has 3 aromatic rings. The van der Waals surface area contributed by atoms with Gasteiger partial charge in [-0.3, -0.25) is 14.5 Å². The topological polar surface area (TPSA) is 71.5 Å². The molecule has 26 heavy (non-hydrogen) atoms. The third-order valence-corrected chi connectivity index (χ3v) is 5.10. The van der Waals surface area contributed by atoms with Crippen LogP contribution in [0, 0.1) is 0 Å². The second kappa shape index (κ2) is 6.93. The van der Waals surface area contributed by atoms with Crippen LogP contribution in [0.25, 0.3) is 10.2 Å². The zero-order chi connectivity index (χ0) is 18.1. The van der Waals surface area contributed by atoms with Gasteiger partial charge in [0.15, 0.2) is 5.13 Å². The number of anilines is 2. The van der Waals surface area contributed by atoms with Crippen LogP contribution in [0.5, 0.6) is 5.75 Å². The van der Waals surface area contributed by atoms with Crippen LogP contribution in [0.15, 0.2) is 42.5 Å². The maximum absolute atomic E-state index is 12.5. The van der Waals surface area contributed by atoms with Gasteiger partial charge in [-0.2, -0.15) is 0 Å². The van der Waals surface area contributed by atoms with E-state index in [1.807, 2.05) is 12.1 Å². The third-order valence-electron chi connectivity index (χ3n) is 3.93. The maximum atomic E-state index is 12.5. The van der Waals surface area contributed by atoms with Crippen LogP contribution in [-0.4, -0.2) is 29.9 Å². The lowest BCUT2D eigenvalue weighted by Crippen LogP contribution is -2.37. The Hall–Kier alpha value is -2.64. The summed E-state index contributed by atoms with van der Waals surface area (Å²) in [5.74, 6) is 0.127. The monoisotopic (exact) mass is 387 g/mol. The van der Waals surface area contributed by atoms with Gasteiger partial charge in [0.2, 0.25) is 11.8 Å². The molecule has 0 unspecified atom stereocenters. The van der Waals surface area contributed by atoms with E-state index in [-0.39, 0.29) is 24.8 Å². The summed E-state index contributed by atoms with van der Waals surface area (Å²) in [4.78, 5) is 30.7. The number of nitrogens with zero attached hydrogens (tertiary/aromatic N) is 2. The van der Waals surface area contributed by atoms with Gasteiger partial charge in [-0.05, 0) is 30.3 Å². The van der Waals surface area contributed by atoms with Crippen molar-refractivity contribution in [3.8, 4) is 5.75 Å². The molecule has 1 N–H and O–H groups in total. The second-order valence-electron chi connectivity index (χ2n) is 5.73. The highest BCUT2D eigenvalue weighted by atomic mass is 35.5. The normalized spacial score (nSPS) is 13.9. The summed E-state index contributed by atoms with van der Waals surface area (Å²) < 4.78 is 6.47. The molecular formula is C18H14ClN3O3S. The Morgan fingerprint density at radius 2 is 2.15 bits per heavy atom. The lowest BCUT2D eigenvalue weighted by molar-refractivity contribution is -0.121. The van der Waals surface area contributed by atoms with Crippen LogP contribution in [0.4, 0.5) is 10.8 Å². The van der Waals surface area contributed by atoms with Crippen molar-refractivity contribution in [2.45, 2.75) is 6.42 Å². The average molecular weight is 388 g/mol. The number of hydrogen-bond donors (Lipinski definition) is 1. The molecule has 2 amide bonds. The van der Waals surface area contributed by atoms with Gasteiger partial charge in [-0.25, -0.2) is 4.98 Å². The Morgan fingerprint density at radius 3 is 3.04 bits per heavy atom. The molecule has 0 spiro atoms. The third kappa shape index (κ3) is 3.36. The van der Waals surface area contributed by atoms with Gasteiger partial charge in [0, 0.05) is 5.02 Å². The zero-order valence-electron chi connectivity index (χ0n) is 13.6. The number of thiazole rings is 1. The Kier molecular flexibility index (Phi) is 4.48. The number of halogens is 1. The molecule has 0 saturated heterocycles. The molecule has 1 aliphatic heterocycles. The molecule has 1 aliphatic rings. The summed E-state index contributed by atoms with van der Waals surface area (Å²) in [5.41, 5.74) is 1.36. The van der Waals surface area contributed by atoms with Gasteiger partial charge in [-0.1, -0.05) is 35.1 Å². The number of amides is 2. The van der Waals surface area contributed by atoms with Crippen LogP contribution in [0.3, 0.4) is 0 Å². The summed E-state index contributed by atoms with van der Waals surface area (Å²) in [5, 5.41) is 3.85.